The van der Waals surface area contributed by atoms with Gasteiger partial charge in [-0.05, 0) is 87.8 Å². The fourth-order valence-corrected chi connectivity index (χ4v) is 7.40. The molecule has 7 aromatic rings. The van der Waals surface area contributed by atoms with Crippen LogP contribution < -0.4 is 10.4 Å². The smallest absolute Gasteiger partial charge is 0.0619 e. The first-order valence-electron chi connectivity index (χ1n) is 16.2. The van der Waals surface area contributed by atoms with Crippen molar-refractivity contribution >= 4 is 40.0 Å². The molecule has 1 heterocycles. The van der Waals surface area contributed by atoms with Crippen molar-refractivity contribution in [1.29, 1.82) is 0 Å². The van der Waals surface area contributed by atoms with Crippen molar-refractivity contribution in [2.24, 2.45) is 0 Å². The van der Waals surface area contributed by atoms with Crippen molar-refractivity contribution in [3.8, 4) is 39.1 Å². The van der Waals surface area contributed by atoms with Gasteiger partial charge in [-0.3, -0.25) is 0 Å². The molecule has 6 aromatic carbocycles. The summed E-state index contributed by atoms with van der Waals surface area (Å²) >= 11 is 0. The molecule has 1 aliphatic carbocycles. The second-order valence-electron chi connectivity index (χ2n) is 12.0. The molecular formula is C45H35N. The number of nitrogens with zero attached hydrogens (tertiary/aromatic N) is 1. The summed E-state index contributed by atoms with van der Waals surface area (Å²) in [5.74, 6) is 0. The van der Waals surface area contributed by atoms with Crippen LogP contribution in [0.4, 0.5) is 0 Å². The summed E-state index contributed by atoms with van der Waals surface area (Å²) in [5, 5.41) is 5.10. The topological polar surface area (TPSA) is 4.93 Å². The monoisotopic (exact) mass is 589 g/mol. The molecule has 0 saturated heterocycles. The van der Waals surface area contributed by atoms with Crippen LogP contribution in [0.15, 0.2) is 146 Å². The summed E-state index contributed by atoms with van der Waals surface area (Å²) < 4.78 is 2.45. The van der Waals surface area contributed by atoms with E-state index in [0.717, 1.165) is 6.42 Å². The fourth-order valence-electron chi connectivity index (χ4n) is 7.40. The fraction of sp³-hybridized carbons (Fsp3) is 0.0667. The van der Waals surface area contributed by atoms with Crippen molar-refractivity contribution in [2.75, 3.05) is 0 Å². The minimum absolute atomic E-state index is 0.885. The van der Waals surface area contributed by atoms with Gasteiger partial charge < -0.3 is 4.57 Å². The molecule has 1 aromatic heterocycles. The van der Waals surface area contributed by atoms with E-state index in [4.69, 9.17) is 0 Å². The van der Waals surface area contributed by atoms with Crippen LogP contribution in [-0.4, -0.2) is 4.57 Å². The number of fused-ring (bicyclic) bond motifs is 4. The van der Waals surface area contributed by atoms with E-state index in [0.29, 0.717) is 0 Å². The van der Waals surface area contributed by atoms with Crippen LogP contribution in [0.1, 0.15) is 24.5 Å². The highest BCUT2D eigenvalue weighted by Crippen LogP contribution is 2.40. The molecule has 0 unspecified atom stereocenters. The normalized spacial score (nSPS) is 12.7. The van der Waals surface area contributed by atoms with E-state index in [1.54, 1.807) is 0 Å². The van der Waals surface area contributed by atoms with Gasteiger partial charge in [0.05, 0.1) is 11.0 Å². The van der Waals surface area contributed by atoms with Crippen molar-refractivity contribution in [3.63, 3.8) is 0 Å². The largest absolute Gasteiger partial charge is 0.309 e. The van der Waals surface area contributed by atoms with Crippen LogP contribution in [-0.2, 0) is 0 Å². The standard InChI is InChI=1S/C45H35N/c1-3-18-34-31(2)43(41-29-17-28-40-36-24-15-16-30-42(36)46(45(40)41)33-21-9-5-10-22-33)38-25-11-6-12-26-39(38)44(34)37-27-14-13-23-35(37)32-19-7-4-8-20-32/h3-11,13-30H,12H2,1-2H3/b18-3-. The molecule has 0 atom stereocenters. The van der Waals surface area contributed by atoms with Gasteiger partial charge in [0.25, 0.3) is 0 Å². The molecular weight excluding hydrogens is 555 g/mol. The van der Waals surface area contributed by atoms with E-state index in [-0.39, 0.29) is 0 Å². The summed E-state index contributed by atoms with van der Waals surface area (Å²) in [6.07, 6.45) is 14.7. The Hall–Kier alpha value is -5.66. The Morgan fingerprint density at radius 3 is 2.09 bits per heavy atom. The zero-order chi connectivity index (χ0) is 31.0. The highest BCUT2D eigenvalue weighted by molar-refractivity contribution is 6.14. The Morgan fingerprint density at radius 2 is 1.28 bits per heavy atom. The van der Waals surface area contributed by atoms with Crippen LogP contribution in [0.3, 0.4) is 0 Å². The zero-order valence-electron chi connectivity index (χ0n) is 26.2. The second-order valence-corrected chi connectivity index (χ2v) is 12.0. The lowest BCUT2D eigenvalue weighted by atomic mass is 9.83. The molecule has 1 nitrogen and oxygen atoms in total. The highest BCUT2D eigenvalue weighted by Gasteiger charge is 2.22. The first-order chi connectivity index (χ1) is 22.8. The molecule has 0 fully saturated rings. The average molecular weight is 590 g/mol. The van der Waals surface area contributed by atoms with Gasteiger partial charge in [0.15, 0.2) is 0 Å². The number of benzene rings is 6. The minimum Gasteiger partial charge on any atom is -0.309 e. The van der Waals surface area contributed by atoms with Gasteiger partial charge >= 0.3 is 0 Å². The molecule has 8 rings (SSSR count). The Kier molecular flexibility index (Phi) is 7.08. The van der Waals surface area contributed by atoms with E-state index < -0.39 is 0 Å². The summed E-state index contributed by atoms with van der Waals surface area (Å²) in [7, 11) is 0. The predicted octanol–water partition coefficient (Wildman–Crippen LogP) is 10.6. The quantitative estimate of drug-likeness (QED) is 0.188. The molecule has 1 aliphatic rings. The van der Waals surface area contributed by atoms with Crippen LogP contribution in [0.25, 0.3) is 79.1 Å². The maximum Gasteiger partial charge on any atom is 0.0619 e. The molecule has 220 valence electrons. The first-order valence-corrected chi connectivity index (χ1v) is 16.2. The molecule has 0 saturated carbocycles. The van der Waals surface area contributed by atoms with E-state index in [1.807, 2.05) is 0 Å². The van der Waals surface area contributed by atoms with Gasteiger partial charge in [0.1, 0.15) is 0 Å². The molecule has 0 radical (unpaired) electrons. The summed E-state index contributed by atoms with van der Waals surface area (Å²) in [5.41, 5.74) is 13.8. The summed E-state index contributed by atoms with van der Waals surface area (Å²) in [6, 6.07) is 46.1. The summed E-state index contributed by atoms with van der Waals surface area (Å²) in [6.45, 7) is 4.44. The Labute approximate surface area is 270 Å². The van der Waals surface area contributed by atoms with Gasteiger partial charge in [-0.15, -0.1) is 0 Å². The van der Waals surface area contributed by atoms with E-state index in [1.165, 1.54) is 82.4 Å². The third-order valence-electron chi connectivity index (χ3n) is 9.33. The van der Waals surface area contributed by atoms with Crippen molar-refractivity contribution in [3.05, 3.63) is 167 Å². The molecule has 0 spiro atoms. The first kappa shape index (κ1) is 27.9. The Balaban J connectivity index is 1.54. The van der Waals surface area contributed by atoms with Crippen LogP contribution in [0, 0.1) is 6.92 Å². The molecule has 46 heavy (non-hydrogen) atoms. The number of hydrogen-bond acceptors (Lipinski definition) is 0. The lowest BCUT2D eigenvalue weighted by molar-refractivity contribution is 1.18. The van der Waals surface area contributed by atoms with Crippen molar-refractivity contribution < 1.29 is 0 Å². The summed E-state index contributed by atoms with van der Waals surface area (Å²) in [4.78, 5) is 0. The molecule has 0 aliphatic heterocycles. The lowest BCUT2D eigenvalue weighted by Gasteiger charge is -2.21. The number of aromatic nitrogens is 1. The van der Waals surface area contributed by atoms with E-state index >= 15 is 0 Å². The van der Waals surface area contributed by atoms with Gasteiger partial charge in [-0.2, -0.15) is 0 Å². The van der Waals surface area contributed by atoms with Gasteiger partial charge in [0, 0.05) is 22.0 Å². The second kappa shape index (κ2) is 11.7. The molecule has 0 amide bonds. The maximum atomic E-state index is 2.45. The Morgan fingerprint density at radius 1 is 0.609 bits per heavy atom. The highest BCUT2D eigenvalue weighted by atomic mass is 15.0. The average Bonchev–Trinajstić information content (AvgIpc) is 3.26. The van der Waals surface area contributed by atoms with E-state index in [9.17, 15) is 0 Å². The number of rotatable bonds is 5. The van der Waals surface area contributed by atoms with Gasteiger partial charge in [-0.1, -0.05) is 146 Å². The molecule has 0 N–H and O–H groups in total. The Bertz CT molecular complexity index is 2440. The molecule has 0 bridgehead atoms. The number of hydrogen-bond donors (Lipinski definition) is 0. The van der Waals surface area contributed by atoms with Gasteiger partial charge in [0.2, 0.25) is 0 Å². The third kappa shape index (κ3) is 4.47. The van der Waals surface area contributed by atoms with Crippen molar-refractivity contribution in [2.45, 2.75) is 20.3 Å². The van der Waals surface area contributed by atoms with Gasteiger partial charge in [-0.25, -0.2) is 0 Å². The predicted molar refractivity (Wildman–Crippen MR) is 198 cm³/mol. The van der Waals surface area contributed by atoms with Crippen LogP contribution in [0.5, 0.6) is 0 Å². The van der Waals surface area contributed by atoms with Crippen LogP contribution in [0.2, 0.25) is 0 Å². The van der Waals surface area contributed by atoms with Crippen LogP contribution >= 0.6 is 0 Å². The van der Waals surface area contributed by atoms with Crippen molar-refractivity contribution in [1.82, 2.24) is 4.57 Å². The zero-order valence-corrected chi connectivity index (χ0v) is 26.2. The number of para-hydroxylation sites is 3. The number of allylic oxidation sites excluding steroid dienone is 3. The molecule has 1 heteroatoms. The maximum absolute atomic E-state index is 2.45. The SMILES string of the molecule is C/C=C\c1c(C)c(-c2cccc3c4ccccc4n(-c4ccccc4)c23)c2c(c1-c1ccccc1-c1ccccc1)=CCC=CC=2. The third-order valence-corrected chi connectivity index (χ3v) is 9.33. The minimum atomic E-state index is 0.885. The lowest BCUT2D eigenvalue weighted by Crippen LogP contribution is -2.31. The van der Waals surface area contributed by atoms with E-state index in [2.05, 4.69) is 182 Å².